The van der Waals surface area contributed by atoms with Gasteiger partial charge in [-0.05, 0) is 5.56 Å². The lowest BCUT2D eigenvalue weighted by Gasteiger charge is -2.16. The molecule has 0 bridgehead atoms. The summed E-state index contributed by atoms with van der Waals surface area (Å²) in [6, 6.07) is 12.5. The van der Waals surface area contributed by atoms with E-state index in [4.69, 9.17) is 10.1 Å². The largest absolute Gasteiger partial charge is 0.280 e. The zero-order valence-electron chi connectivity index (χ0n) is 8.05. The summed E-state index contributed by atoms with van der Waals surface area (Å²) in [5.74, 6) is 0. The summed E-state index contributed by atoms with van der Waals surface area (Å²) in [7, 11) is 1.87. The van der Waals surface area contributed by atoms with E-state index in [0.717, 1.165) is 6.42 Å². The molecule has 0 saturated carbocycles. The van der Waals surface area contributed by atoms with Crippen LogP contribution in [0.3, 0.4) is 0 Å². The molecule has 0 amide bonds. The van der Waals surface area contributed by atoms with Gasteiger partial charge in [0.05, 0.1) is 12.1 Å². The molecule has 0 unspecified atom stereocenters. The van der Waals surface area contributed by atoms with Crippen LogP contribution in [-0.2, 0) is 4.84 Å². The smallest absolute Gasteiger partial charge is 0.167 e. The summed E-state index contributed by atoms with van der Waals surface area (Å²) in [4.78, 5) is 5.35. The first-order chi connectivity index (χ1) is 6.81. The Morgan fingerprint density at radius 3 is 2.71 bits per heavy atom. The lowest BCUT2D eigenvalue weighted by atomic mass is 10.0. The summed E-state index contributed by atoms with van der Waals surface area (Å²) in [5, 5.41) is 10.5. The van der Waals surface area contributed by atoms with E-state index in [-0.39, 0.29) is 12.1 Å². The molecule has 2 rings (SSSR count). The van der Waals surface area contributed by atoms with E-state index in [9.17, 15) is 0 Å². The third-order valence-corrected chi connectivity index (χ3v) is 2.50. The second kappa shape index (κ2) is 3.79. The van der Waals surface area contributed by atoms with Gasteiger partial charge in [-0.1, -0.05) is 30.3 Å². The Bertz CT molecular complexity index is 344. The molecule has 1 heterocycles. The van der Waals surface area contributed by atoms with Crippen LogP contribution in [0.1, 0.15) is 18.0 Å². The van der Waals surface area contributed by atoms with E-state index in [1.165, 1.54) is 5.56 Å². The maximum Gasteiger partial charge on any atom is 0.167 e. The number of nitriles is 1. The van der Waals surface area contributed by atoms with Gasteiger partial charge in [-0.3, -0.25) is 4.84 Å². The van der Waals surface area contributed by atoms with Crippen molar-refractivity contribution in [3.63, 3.8) is 0 Å². The van der Waals surface area contributed by atoms with Crippen LogP contribution in [0.15, 0.2) is 30.3 Å². The fourth-order valence-corrected chi connectivity index (χ4v) is 1.77. The number of hydroxylamine groups is 2. The summed E-state index contributed by atoms with van der Waals surface area (Å²) >= 11 is 0. The van der Waals surface area contributed by atoms with Crippen LogP contribution in [0.4, 0.5) is 0 Å². The molecule has 1 aromatic rings. The maximum absolute atomic E-state index is 8.75. The van der Waals surface area contributed by atoms with Gasteiger partial charge < -0.3 is 0 Å². The SMILES string of the molecule is CN1O[C@@H](C#N)C[C@H]1c1ccccc1. The minimum Gasteiger partial charge on any atom is -0.280 e. The molecule has 72 valence electrons. The van der Waals surface area contributed by atoms with E-state index < -0.39 is 0 Å². The highest BCUT2D eigenvalue weighted by atomic mass is 16.7. The molecule has 0 aliphatic carbocycles. The summed E-state index contributed by atoms with van der Waals surface area (Å²) in [6.45, 7) is 0. The van der Waals surface area contributed by atoms with E-state index in [0.29, 0.717) is 0 Å². The molecule has 1 aliphatic rings. The van der Waals surface area contributed by atoms with E-state index in [1.807, 2.05) is 25.2 Å². The lowest BCUT2D eigenvalue weighted by Crippen LogP contribution is -2.16. The predicted octanol–water partition coefficient (Wildman–Crippen LogP) is 1.89. The number of benzene rings is 1. The first-order valence-corrected chi connectivity index (χ1v) is 4.65. The Balaban J connectivity index is 2.18. The van der Waals surface area contributed by atoms with Gasteiger partial charge in [0.25, 0.3) is 0 Å². The normalized spacial score (nSPS) is 27.4. The van der Waals surface area contributed by atoms with Crippen LogP contribution in [-0.4, -0.2) is 18.2 Å². The van der Waals surface area contributed by atoms with Crippen LogP contribution in [0.2, 0.25) is 0 Å². The molecule has 1 aliphatic heterocycles. The fraction of sp³-hybridized carbons (Fsp3) is 0.364. The van der Waals surface area contributed by atoms with Crippen molar-refractivity contribution in [1.29, 1.82) is 5.26 Å². The Labute approximate surface area is 83.5 Å². The van der Waals surface area contributed by atoms with E-state index in [2.05, 4.69) is 18.2 Å². The van der Waals surface area contributed by atoms with Crippen molar-refractivity contribution in [3.05, 3.63) is 35.9 Å². The summed E-state index contributed by atoms with van der Waals surface area (Å²) in [5.41, 5.74) is 1.20. The molecule has 1 fully saturated rings. The number of hydrogen-bond donors (Lipinski definition) is 0. The Kier molecular flexibility index (Phi) is 2.49. The van der Waals surface area contributed by atoms with Crippen molar-refractivity contribution in [2.24, 2.45) is 0 Å². The molecule has 0 aromatic heterocycles. The molecule has 14 heavy (non-hydrogen) atoms. The highest BCUT2D eigenvalue weighted by Crippen LogP contribution is 2.31. The highest BCUT2D eigenvalue weighted by molar-refractivity contribution is 5.20. The van der Waals surface area contributed by atoms with Gasteiger partial charge in [0.2, 0.25) is 0 Å². The third-order valence-electron chi connectivity index (χ3n) is 2.50. The maximum atomic E-state index is 8.75. The molecule has 2 atom stereocenters. The molecule has 1 aromatic carbocycles. The van der Waals surface area contributed by atoms with Crippen LogP contribution in [0.5, 0.6) is 0 Å². The van der Waals surface area contributed by atoms with Crippen LogP contribution >= 0.6 is 0 Å². The average Bonchev–Trinajstić information content (AvgIpc) is 2.61. The van der Waals surface area contributed by atoms with Gasteiger partial charge >= 0.3 is 0 Å². The first kappa shape index (κ1) is 9.20. The molecular formula is C11H12N2O. The van der Waals surface area contributed by atoms with Crippen molar-refractivity contribution in [2.75, 3.05) is 7.05 Å². The topological polar surface area (TPSA) is 36.3 Å². The van der Waals surface area contributed by atoms with Crippen molar-refractivity contribution in [1.82, 2.24) is 5.06 Å². The molecule has 3 heteroatoms. The molecule has 3 nitrogen and oxygen atoms in total. The van der Waals surface area contributed by atoms with Crippen LogP contribution in [0.25, 0.3) is 0 Å². The molecule has 0 radical (unpaired) electrons. The second-order valence-corrected chi connectivity index (χ2v) is 3.43. The molecule has 1 saturated heterocycles. The summed E-state index contributed by atoms with van der Waals surface area (Å²) < 4.78 is 0. The van der Waals surface area contributed by atoms with E-state index >= 15 is 0 Å². The quantitative estimate of drug-likeness (QED) is 0.675. The number of nitrogens with zero attached hydrogens (tertiary/aromatic N) is 2. The predicted molar refractivity (Wildman–Crippen MR) is 52.0 cm³/mol. The van der Waals surface area contributed by atoms with Crippen LogP contribution < -0.4 is 0 Å². The average molecular weight is 188 g/mol. The third kappa shape index (κ3) is 1.63. The van der Waals surface area contributed by atoms with Gasteiger partial charge in [0.15, 0.2) is 6.10 Å². The first-order valence-electron chi connectivity index (χ1n) is 4.65. The van der Waals surface area contributed by atoms with Gasteiger partial charge in [0, 0.05) is 13.5 Å². The second-order valence-electron chi connectivity index (χ2n) is 3.43. The van der Waals surface area contributed by atoms with Crippen LogP contribution in [0, 0.1) is 11.3 Å². The zero-order valence-corrected chi connectivity index (χ0v) is 8.05. The Morgan fingerprint density at radius 1 is 1.43 bits per heavy atom. The zero-order chi connectivity index (χ0) is 9.97. The van der Waals surface area contributed by atoms with Gasteiger partial charge in [-0.2, -0.15) is 10.3 Å². The van der Waals surface area contributed by atoms with Gasteiger partial charge in [-0.25, -0.2) is 0 Å². The molecular weight excluding hydrogens is 176 g/mol. The minimum atomic E-state index is -0.301. The number of rotatable bonds is 1. The Morgan fingerprint density at radius 2 is 2.14 bits per heavy atom. The minimum absolute atomic E-state index is 0.209. The standard InChI is InChI=1S/C11H12N2O/c1-13-11(7-10(8-12)14-13)9-5-3-2-4-6-9/h2-6,10-11H,7H2,1H3/t10-,11+/m1/s1. The monoisotopic (exact) mass is 188 g/mol. The van der Waals surface area contributed by atoms with Gasteiger partial charge in [0.1, 0.15) is 0 Å². The van der Waals surface area contributed by atoms with Crippen molar-refractivity contribution in [2.45, 2.75) is 18.6 Å². The van der Waals surface area contributed by atoms with Gasteiger partial charge in [-0.15, -0.1) is 0 Å². The van der Waals surface area contributed by atoms with Crippen molar-refractivity contribution in [3.8, 4) is 6.07 Å². The molecule has 0 N–H and O–H groups in total. The molecule has 0 spiro atoms. The lowest BCUT2D eigenvalue weighted by molar-refractivity contribution is -0.129. The Hall–Kier alpha value is -1.37. The highest BCUT2D eigenvalue weighted by Gasteiger charge is 2.31. The van der Waals surface area contributed by atoms with Crippen molar-refractivity contribution >= 4 is 0 Å². The summed E-state index contributed by atoms with van der Waals surface area (Å²) in [6.07, 6.45) is 0.446. The van der Waals surface area contributed by atoms with Crippen molar-refractivity contribution < 1.29 is 4.84 Å². The number of hydrogen-bond acceptors (Lipinski definition) is 3. The fourth-order valence-electron chi connectivity index (χ4n) is 1.77. The van der Waals surface area contributed by atoms with E-state index in [1.54, 1.807) is 5.06 Å².